The molecule has 3 heteroatoms. The first-order valence-electron chi connectivity index (χ1n) is 5.40. The van der Waals surface area contributed by atoms with Crippen LogP contribution in [-0.2, 0) is 0 Å². The van der Waals surface area contributed by atoms with Crippen LogP contribution in [0.5, 0.6) is 0 Å². The molecular formula is C12H19NOS. The average molecular weight is 225 g/mol. The van der Waals surface area contributed by atoms with E-state index in [0.29, 0.717) is 6.54 Å². The fraction of sp³-hybridized carbons (Fsp3) is 0.583. The zero-order chi connectivity index (χ0) is 11.5. The predicted molar refractivity (Wildman–Crippen MR) is 65.5 cm³/mol. The van der Waals surface area contributed by atoms with Crippen LogP contribution < -0.4 is 5.73 Å². The number of ketones is 1. The standard InChI is InChI=1S/C12H19NOS/c1-4-12(5-2,8-13)11(14)10-9(3)6-7-15-10/h6-7H,4-5,8,13H2,1-3H3. The second-order valence-electron chi connectivity index (χ2n) is 3.95. The van der Waals surface area contributed by atoms with Crippen LogP contribution >= 0.6 is 11.3 Å². The summed E-state index contributed by atoms with van der Waals surface area (Å²) in [5.41, 5.74) is 6.49. The Hall–Kier alpha value is -0.670. The SMILES string of the molecule is CCC(CC)(CN)C(=O)c1sccc1C. The molecule has 0 aliphatic heterocycles. The van der Waals surface area contributed by atoms with Gasteiger partial charge in [0, 0.05) is 12.0 Å². The van der Waals surface area contributed by atoms with Crippen LogP contribution in [0, 0.1) is 12.3 Å². The summed E-state index contributed by atoms with van der Waals surface area (Å²) in [6.07, 6.45) is 1.63. The van der Waals surface area contributed by atoms with E-state index in [1.165, 1.54) is 11.3 Å². The molecular weight excluding hydrogens is 206 g/mol. The normalized spacial score (nSPS) is 11.7. The van der Waals surface area contributed by atoms with E-state index in [9.17, 15) is 4.79 Å². The summed E-state index contributed by atoms with van der Waals surface area (Å²) in [5, 5.41) is 1.97. The highest BCUT2D eigenvalue weighted by atomic mass is 32.1. The lowest BCUT2D eigenvalue weighted by Gasteiger charge is -2.28. The minimum Gasteiger partial charge on any atom is -0.329 e. The molecule has 15 heavy (non-hydrogen) atoms. The molecule has 84 valence electrons. The van der Waals surface area contributed by atoms with Gasteiger partial charge in [-0.3, -0.25) is 4.79 Å². The van der Waals surface area contributed by atoms with Crippen molar-refractivity contribution in [2.24, 2.45) is 11.1 Å². The van der Waals surface area contributed by atoms with Gasteiger partial charge in [-0.25, -0.2) is 0 Å². The lowest BCUT2D eigenvalue weighted by atomic mass is 9.77. The maximum Gasteiger partial charge on any atom is 0.180 e. The second kappa shape index (κ2) is 4.90. The number of carbonyl (C=O) groups excluding carboxylic acids is 1. The highest BCUT2D eigenvalue weighted by Crippen LogP contribution is 2.32. The topological polar surface area (TPSA) is 43.1 Å². The number of thiophene rings is 1. The Kier molecular flexibility index (Phi) is 4.05. The minimum absolute atomic E-state index is 0.225. The maximum atomic E-state index is 12.4. The summed E-state index contributed by atoms with van der Waals surface area (Å²) in [5.74, 6) is 0.225. The Bertz CT molecular complexity index is 331. The minimum atomic E-state index is -0.352. The first-order chi connectivity index (χ1) is 7.11. The van der Waals surface area contributed by atoms with E-state index in [0.717, 1.165) is 23.3 Å². The fourth-order valence-corrected chi connectivity index (χ4v) is 2.78. The molecule has 0 aromatic carbocycles. The molecule has 0 aliphatic carbocycles. The van der Waals surface area contributed by atoms with Gasteiger partial charge in [0.25, 0.3) is 0 Å². The van der Waals surface area contributed by atoms with E-state index >= 15 is 0 Å². The second-order valence-corrected chi connectivity index (χ2v) is 4.87. The molecule has 0 radical (unpaired) electrons. The Balaban J connectivity index is 3.06. The summed E-state index contributed by atoms with van der Waals surface area (Å²) in [6.45, 7) is 6.50. The van der Waals surface area contributed by atoms with Crippen molar-refractivity contribution in [3.8, 4) is 0 Å². The van der Waals surface area contributed by atoms with Crippen molar-refractivity contribution in [3.63, 3.8) is 0 Å². The van der Waals surface area contributed by atoms with Gasteiger partial charge in [0.05, 0.1) is 4.88 Å². The van der Waals surface area contributed by atoms with Crippen molar-refractivity contribution in [2.45, 2.75) is 33.6 Å². The van der Waals surface area contributed by atoms with Crippen LogP contribution in [-0.4, -0.2) is 12.3 Å². The monoisotopic (exact) mass is 225 g/mol. The Labute approximate surface area is 95.5 Å². The van der Waals surface area contributed by atoms with Gasteiger partial charge < -0.3 is 5.73 Å². The first kappa shape index (κ1) is 12.4. The van der Waals surface area contributed by atoms with E-state index in [1.54, 1.807) is 0 Å². The van der Waals surface area contributed by atoms with Gasteiger partial charge in [0.1, 0.15) is 0 Å². The zero-order valence-corrected chi connectivity index (χ0v) is 10.5. The van der Waals surface area contributed by atoms with Crippen molar-refractivity contribution in [3.05, 3.63) is 21.9 Å². The van der Waals surface area contributed by atoms with Gasteiger partial charge in [0.15, 0.2) is 5.78 Å². The number of nitrogens with two attached hydrogens (primary N) is 1. The molecule has 0 saturated carbocycles. The largest absolute Gasteiger partial charge is 0.329 e. The molecule has 2 N–H and O–H groups in total. The van der Waals surface area contributed by atoms with Crippen LogP contribution in [0.2, 0.25) is 0 Å². The molecule has 0 aliphatic rings. The summed E-state index contributed by atoms with van der Waals surface area (Å²) in [6, 6.07) is 1.99. The molecule has 0 amide bonds. The van der Waals surface area contributed by atoms with Gasteiger partial charge in [-0.15, -0.1) is 11.3 Å². The van der Waals surface area contributed by atoms with Gasteiger partial charge >= 0.3 is 0 Å². The molecule has 0 fully saturated rings. The van der Waals surface area contributed by atoms with Crippen LogP contribution in [0.15, 0.2) is 11.4 Å². The van der Waals surface area contributed by atoms with Crippen molar-refractivity contribution in [1.29, 1.82) is 0 Å². The van der Waals surface area contributed by atoms with Crippen molar-refractivity contribution < 1.29 is 4.79 Å². The highest BCUT2D eigenvalue weighted by molar-refractivity contribution is 7.12. The molecule has 0 atom stereocenters. The summed E-state index contributed by atoms with van der Waals surface area (Å²) in [4.78, 5) is 13.3. The van der Waals surface area contributed by atoms with Gasteiger partial charge in [0.2, 0.25) is 0 Å². The number of rotatable bonds is 5. The van der Waals surface area contributed by atoms with Crippen LogP contribution in [0.25, 0.3) is 0 Å². The van der Waals surface area contributed by atoms with E-state index in [2.05, 4.69) is 0 Å². The third-order valence-electron chi connectivity index (χ3n) is 3.29. The van der Waals surface area contributed by atoms with E-state index in [-0.39, 0.29) is 11.2 Å². The smallest absolute Gasteiger partial charge is 0.180 e. The van der Waals surface area contributed by atoms with E-state index in [4.69, 9.17) is 5.73 Å². The third kappa shape index (κ3) is 2.13. The van der Waals surface area contributed by atoms with Crippen LogP contribution in [0.1, 0.15) is 41.9 Å². The molecule has 1 rings (SSSR count). The number of hydrogen-bond acceptors (Lipinski definition) is 3. The third-order valence-corrected chi connectivity index (χ3v) is 4.31. The highest BCUT2D eigenvalue weighted by Gasteiger charge is 2.35. The lowest BCUT2D eigenvalue weighted by molar-refractivity contribution is 0.0791. The molecule has 0 saturated heterocycles. The fourth-order valence-electron chi connectivity index (χ4n) is 1.80. The van der Waals surface area contributed by atoms with Gasteiger partial charge in [-0.2, -0.15) is 0 Å². The maximum absolute atomic E-state index is 12.4. The Morgan fingerprint density at radius 1 is 1.47 bits per heavy atom. The number of aryl methyl sites for hydroxylation is 1. The Morgan fingerprint density at radius 3 is 2.40 bits per heavy atom. The van der Waals surface area contributed by atoms with Crippen molar-refractivity contribution in [1.82, 2.24) is 0 Å². The van der Waals surface area contributed by atoms with Crippen molar-refractivity contribution in [2.75, 3.05) is 6.54 Å². The van der Waals surface area contributed by atoms with Gasteiger partial charge in [-0.1, -0.05) is 13.8 Å². The molecule has 1 aromatic rings. The van der Waals surface area contributed by atoms with Gasteiger partial charge in [-0.05, 0) is 36.8 Å². The van der Waals surface area contributed by atoms with E-state index < -0.39 is 0 Å². The molecule has 1 heterocycles. The van der Waals surface area contributed by atoms with Crippen molar-refractivity contribution >= 4 is 17.1 Å². The number of carbonyl (C=O) groups is 1. The average Bonchev–Trinajstić information content (AvgIpc) is 2.67. The number of hydrogen-bond donors (Lipinski definition) is 1. The van der Waals surface area contributed by atoms with Crippen LogP contribution in [0.4, 0.5) is 0 Å². The summed E-state index contributed by atoms with van der Waals surface area (Å²) < 4.78 is 0. The van der Waals surface area contributed by atoms with Crippen LogP contribution in [0.3, 0.4) is 0 Å². The van der Waals surface area contributed by atoms with E-state index in [1.807, 2.05) is 32.2 Å². The molecule has 0 bridgehead atoms. The molecule has 0 unspecified atom stereocenters. The first-order valence-corrected chi connectivity index (χ1v) is 6.28. The zero-order valence-electron chi connectivity index (χ0n) is 9.67. The number of Topliss-reactive ketones (excluding diaryl/α,β-unsaturated/α-hetero) is 1. The summed E-state index contributed by atoms with van der Waals surface area (Å²) in [7, 11) is 0. The Morgan fingerprint density at radius 2 is 2.07 bits per heavy atom. The summed E-state index contributed by atoms with van der Waals surface area (Å²) >= 11 is 1.53. The molecule has 2 nitrogen and oxygen atoms in total. The molecule has 0 spiro atoms. The molecule has 1 aromatic heterocycles. The predicted octanol–water partition coefficient (Wildman–Crippen LogP) is 3.00. The quantitative estimate of drug-likeness (QED) is 0.783. The lowest BCUT2D eigenvalue weighted by Crippen LogP contribution is -2.37.